The fourth-order valence-corrected chi connectivity index (χ4v) is 6.26. The molecule has 1 N–H and O–H groups in total. The predicted molar refractivity (Wildman–Crippen MR) is 175 cm³/mol. The molecule has 12 heteroatoms. The minimum Gasteiger partial charge on any atom is -0.496 e. The minimum atomic E-state index is -0.477. The standard InChI is InChI=1S/C34H39N3O8S/c1-3-43-34(40)20-36-29-17-28(13-14-31(29)45-22-33(36)39)46-23-26-18-35-19-32(38)37(26)25-9-11-27(12-10-25)44-16-6-15-42-21-24-7-4-5-8-30(24)41-2/h4-5,7-14,17,26,35H,3,6,15-16,18-23H2,1-2H3/t26-/m1/s1. The Bertz CT molecular complexity index is 1500. The molecule has 0 bridgehead atoms. The maximum atomic E-state index is 13.0. The molecule has 0 saturated carbocycles. The number of thioether (sulfide) groups is 1. The van der Waals surface area contributed by atoms with Gasteiger partial charge in [0.1, 0.15) is 23.8 Å². The Morgan fingerprint density at radius 3 is 2.67 bits per heavy atom. The van der Waals surface area contributed by atoms with Gasteiger partial charge in [-0.15, -0.1) is 11.8 Å². The number of carbonyl (C=O) groups excluding carboxylic acids is 3. The number of esters is 1. The number of hydrogen-bond donors (Lipinski definition) is 1. The first kappa shape index (κ1) is 33.1. The topological polar surface area (TPSA) is 116 Å². The van der Waals surface area contributed by atoms with Gasteiger partial charge in [-0.2, -0.15) is 0 Å². The summed E-state index contributed by atoms with van der Waals surface area (Å²) in [6, 6.07) is 20.8. The van der Waals surface area contributed by atoms with E-state index in [4.69, 9.17) is 23.7 Å². The van der Waals surface area contributed by atoms with Gasteiger partial charge >= 0.3 is 5.97 Å². The quantitative estimate of drug-likeness (QED) is 0.147. The van der Waals surface area contributed by atoms with E-state index in [1.54, 1.807) is 31.9 Å². The largest absolute Gasteiger partial charge is 0.496 e. The molecule has 1 fully saturated rings. The minimum absolute atomic E-state index is 0.0113. The van der Waals surface area contributed by atoms with E-state index in [-0.39, 0.29) is 44.2 Å². The highest BCUT2D eigenvalue weighted by Gasteiger charge is 2.31. The molecule has 11 nitrogen and oxygen atoms in total. The van der Waals surface area contributed by atoms with E-state index >= 15 is 0 Å². The van der Waals surface area contributed by atoms with Crippen molar-refractivity contribution >= 4 is 40.9 Å². The van der Waals surface area contributed by atoms with Crippen molar-refractivity contribution in [2.75, 3.05) is 68.7 Å². The van der Waals surface area contributed by atoms with Crippen molar-refractivity contribution in [2.24, 2.45) is 0 Å². The van der Waals surface area contributed by atoms with Crippen molar-refractivity contribution in [2.45, 2.75) is 30.9 Å². The van der Waals surface area contributed by atoms with Gasteiger partial charge in [-0.05, 0) is 55.5 Å². The van der Waals surface area contributed by atoms with E-state index in [2.05, 4.69) is 5.32 Å². The Balaban J connectivity index is 1.14. The molecule has 2 heterocycles. The van der Waals surface area contributed by atoms with Gasteiger partial charge in [0, 0.05) is 34.9 Å². The molecule has 2 amide bonds. The van der Waals surface area contributed by atoms with Gasteiger partial charge in [-0.25, -0.2) is 0 Å². The zero-order chi connectivity index (χ0) is 32.3. The second kappa shape index (κ2) is 16.3. The number of amides is 2. The summed E-state index contributed by atoms with van der Waals surface area (Å²) in [5.74, 6) is 1.89. The lowest BCUT2D eigenvalue weighted by Crippen LogP contribution is -2.56. The van der Waals surface area contributed by atoms with Gasteiger partial charge in [0.2, 0.25) is 5.91 Å². The highest BCUT2D eigenvalue weighted by molar-refractivity contribution is 7.99. The molecule has 3 aromatic rings. The number of ether oxygens (including phenoxy) is 5. The van der Waals surface area contributed by atoms with E-state index in [9.17, 15) is 14.4 Å². The Hall–Kier alpha value is -4.26. The Morgan fingerprint density at radius 2 is 1.87 bits per heavy atom. The number of para-hydroxylation sites is 1. The van der Waals surface area contributed by atoms with Crippen LogP contribution in [0.3, 0.4) is 0 Å². The van der Waals surface area contributed by atoms with Crippen molar-refractivity contribution in [3.63, 3.8) is 0 Å². The van der Waals surface area contributed by atoms with Gasteiger partial charge in [0.15, 0.2) is 6.61 Å². The summed E-state index contributed by atoms with van der Waals surface area (Å²) in [5.41, 5.74) is 2.34. The van der Waals surface area contributed by atoms with E-state index in [0.717, 1.165) is 34.1 Å². The van der Waals surface area contributed by atoms with Crippen LogP contribution in [0.15, 0.2) is 71.6 Å². The molecule has 0 aliphatic carbocycles. The molecule has 2 aliphatic rings. The van der Waals surface area contributed by atoms with Crippen LogP contribution in [-0.4, -0.2) is 82.7 Å². The molecule has 46 heavy (non-hydrogen) atoms. The summed E-state index contributed by atoms with van der Waals surface area (Å²) < 4.78 is 27.7. The lowest BCUT2D eigenvalue weighted by Gasteiger charge is -2.36. The number of hydrogen-bond acceptors (Lipinski definition) is 10. The average Bonchev–Trinajstić information content (AvgIpc) is 3.07. The van der Waals surface area contributed by atoms with Crippen LogP contribution in [0.2, 0.25) is 0 Å². The predicted octanol–water partition coefficient (Wildman–Crippen LogP) is 4.07. The molecule has 0 aromatic heterocycles. The third-order valence-corrected chi connectivity index (χ3v) is 8.60. The van der Waals surface area contributed by atoms with Crippen molar-refractivity contribution < 1.29 is 38.1 Å². The summed E-state index contributed by atoms with van der Waals surface area (Å²) in [5, 5.41) is 3.22. The van der Waals surface area contributed by atoms with Crippen molar-refractivity contribution in [3.05, 3.63) is 72.3 Å². The van der Waals surface area contributed by atoms with Crippen LogP contribution in [0.5, 0.6) is 17.2 Å². The first-order valence-corrected chi connectivity index (χ1v) is 16.3. The molecule has 0 spiro atoms. The lowest BCUT2D eigenvalue weighted by molar-refractivity contribution is -0.142. The molecule has 1 atom stereocenters. The molecule has 0 unspecified atom stereocenters. The van der Waals surface area contributed by atoms with Crippen LogP contribution in [0.1, 0.15) is 18.9 Å². The first-order valence-electron chi connectivity index (χ1n) is 15.3. The number of rotatable bonds is 15. The van der Waals surface area contributed by atoms with E-state index in [0.29, 0.717) is 43.6 Å². The number of piperazine rings is 1. The molecule has 244 valence electrons. The number of anilines is 2. The van der Waals surface area contributed by atoms with Gasteiger partial charge in [0.25, 0.3) is 5.91 Å². The van der Waals surface area contributed by atoms with Crippen LogP contribution >= 0.6 is 11.8 Å². The number of nitrogens with zero attached hydrogens (tertiary/aromatic N) is 2. The van der Waals surface area contributed by atoms with Crippen LogP contribution in [0.25, 0.3) is 0 Å². The van der Waals surface area contributed by atoms with Crippen LogP contribution < -0.4 is 29.3 Å². The highest BCUT2D eigenvalue weighted by atomic mass is 32.2. The number of benzene rings is 3. The van der Waals surface area contributed by atoms with E-state index < -0.39 is 5.97 Å². The van der Waals surface area contributed by atoms with Crippen molar-refractivity contribution in [1.29, 1.82) is 0 Å². The van der Waals surface area contributed by atoms with E-state index in [1.165, 1.54) is 4.90 Å². The Labute approximate surface area is 273 Å². The van der Waals surface area contributed by atoms with Crippen LogP contribution in [0, 0.1) is 0 Å². The fourth-order valence-electron chi connectivity index (χ4n) is 5.25. The number of carbonyl (C=O) groups is 3. The number of methoxy groups -OCH3 is 1. The normalized spacial score (nSPS) is 16.1. The van der Waals surface area contributed by atoms with E-state index in [1.807, 2.05) is 65.6 Å². The molecule has 1 saturated heterocycles. The molecular formula is C34H39N3O8S. The summed E-state index contributed by atoms with van der Waals surface area (Å²) in [4.78, 5) is 41.9. The second-order valence-corrected chi connectivity index (χ2v) is 11.7. The molecule has 2 aliphatic heterocycles. The van der Waals surface area contributed by atoms with Gasteiger partial charge in [0.05, 0.1) is 51.8 Å². The third kappa shape index (κ3) is 8.51. The SMILES string of the molecule is CCOC(=O)CN1C(=O)COc2ccc(SC[C@H]3CNCC(=O)N3c3ccc(OCCCOCc4ccccc4OC)cc3)cc21. The summed E-state index contributed by atoms with van der Waals surface area (Å²) in [6.45, 7) is 4.09. The van der Waals surface area contributed by atoms with Gasteiger partial charge in [-0.3, -0.25) is 19.3 Å². The lowest BCUT2D eigenvalue weighted by atomic mass is 10.1. The van der Waals surface area contributed by atoms with Crippen molar-refractivity contribution in [1.82, 2.24) is 5.32 Å². The smallest absolute Gasteiger partial charge is 0.326 e. The number of nitrogens with one attached hydrogen (secondary N) is 1. The number of fused-ring (bicyclic) bond motifs is 1. The average molecular weight is 650 g/mol. The zero-order valence-electron chi connectivity index (χ0n) is 26.1. The summed E-state index contributed by atoms with van der Waals surface area (Å²) in [6.07, 6.45) is 0.732. The molecule has 5 rings (SSSR count). The Kier molecular flexibility index (Phi) is 11.8. The molecular weight excluding hydrogens is 610 g/mol. The maximum Gasteiger partial charge on any atom is 0.326 e. The third-order valence-electron chi connectivity index (χ3n) is 7.47. The van der Waals surface area contributed by atoms with Gasteiger partial charge in [-0.1, -0.05) is 18.2 Å². The second-order valence-electron chi connectivity index (χ2n) is 10.6. The molecule has 0 radical (unpaired) electrons. The summed E-state index contributed by atoms with van der Waals surface area (Å²) >= 11 is 1.57. The fraction of sp³-hybridized carbons (Fsp3) is 0.382. The van der Waals surface area contributed by atoms with Crippen LogP contribution in [-0.2, 0) is 30.5 Å². The Morgan fingerprint density at radius 1 is 1.04 bits per heavy atom. The zero-order valence-corrected chi connectivity index (χ0v) is 26.9. The highest BCUT2D eigenvalue weighted by Crippen LogP contribution is 2.36. The molecule has 3 aromatic carbocycles. The van der Waals surface area contributed by atoms with Crippen molar-refractivity contribution in [3.8, 4) is 17.2 Å². The monoisotopic (exact) mass is 649 g/mol. The van der Waals surface area contributed by atoms with Crippen LogP contribution in [0.4, 0.5) is 11.4 Å². The van der Waals surface area contributed by atoms with Gasteiger partial charge < -0.3 is 33.9 Å². The maximum absolute atomic E-state index is 13.0. The summed E-state index contributed by atoms with van der Waals surface area (Å²) in [7, 11) is 1.65. The first-order chi connectivity index (χ1) is 22.5.